The van der Waals surface area contributed by atoms with Gasteiger partial charge >= 0.3 is 5.97 Å². The first kappa shape index (κ1) is 8.25. The molecule has 1 aliphatic carbocycles. The van der Waals surface area contributed by atoms with Gasteiger partial charge in [-0.3, -0.25) is 0 Å². The lowest BCUT2D eigenvalue weighted by atomic mass is 10.2. The van der Waals surface area contributed by atoms with Crippen molar-refractivity contribution in [2.24, 2.45) is 0 Å². The number of aromatic amines is 1. The van der Waals surface area contributed by atoms with Crippen LogP contribution in [0.25, 0.3) is 0 Å². The SMILES string of the molecule is O=C(O)c1[nH]c2c(c1F)CC[C@H]2O. The molecule has 0 aliphatic heterocycles. The van der Waals surface area contributed by atoms with E-state index in [0.29, 0.717) is 24.1 Å². The number of carboxylic acids is 1. The molecule has 70 valence electrons. The van der Waals surface area contributed by atoms with Crippen LogP contribution < -0.4 is 0 Å². The summed E-state index contributed by atoms with van der Waals surface area (Å²) < 4.78 is 13.2. The Bertz CT molecular complexity index is 372. The fourth-order valence-electron chi connectivity index (χ4n) is 1.64. The lowest BCUT2D eigenvalue weighted by Crippen LogP contribution is -2.01. The number of fused-ring (bicyclic) bond motifs is 1. The Labute approximate surface area is 73.0 Å². The molecule has 2 rings (SSSR count). The van der Waals surface area contributed by atoms with E-state index in [-0.39, 0.29) is 0 Å². The van der Waals surface area contributed by atoms with Crippen LogP contribution in [0.5, 0.6) is 0 Å². The van der Waals surface area contributed by atoms with Crippen LogP contribution in [-0.4, -0.2) is 21.2 Å². The molecule has 0 spiro atoms. The van der Waals surface area contributed by atoms with Crippen molar-refractivity contribution in [3.8, 4) is 0 Å². The molecule has 3 N–H and O–H groups in total. The lowest BCUT2D eigenvalue weighted by molar-refractivity contribution is 0.0685. The Hall–Kier alpha value is -1.36. The van der Waals surface area contributed by atoms with Crippen molar-refractivity contribution in [3.63, 3.8) is 0 Å². The van der Waals surface area contributed by atoms with Gasteiger partial charge < -0.3 is 15.2 Å². The molecule has 1 heterocycles. The highest BCUT2D eigenvalue weighted by molar-refractivity contribution is 5.86. The van der Waals surface area contributed by atoms with Gasteiger partial charge in [-0.05, 0) is 12.8 Å². The Morgan fingerprint density at radius 3 is 2.85 bits per heavy atom. The number of aliphatic hydroxyl groups is 1. The number of halogens is 1. The molecule has 0 aromatic carbocycles. The third-order valence-electron chi connectivity index (χ3n) is 2.28. The van der Waals surface area contributed by atoms with Crippen molar-refractivity contribution in [3.05, 3.63) is 22.8 Å². The van der Waals surface area contributed by atoms with Crippen LogP contribution in [-0.2, 0) is 6.42 Å². The molecule has 0 saturated carbocycles. The number of rotatable bonds is 1. The average molecular weight is 185 g/mol. The van der Waals surface area contributed by atoms with E-state index in [1.54, 1.807) is 0 Å². The van der Waals surface area contributed by atoms with Gasteiger partial charge in [-0.1, -0.05) is 0 Å². The number of hydrogen-bond acceptors (Lipinski definition) is 2. The van der Waals surface area contributed by atoms with Crippen molar-refractivity contribution in [1.82, 2.24) is 4.98 Å². The Morgan fingerprint density at radius 1 is 1.62 bits per heavy atom. The monoisotopic (exact) mass is 185 g/mol. The van der Waals surface area contributed by atoms with E-state index in [1.165, 1.54) is 0 Å². The van der Waals surface area contributed by atoms with Gasteiger partial charge in [0, 0.05) is 5.56 Å². The summed E-state index contributed by atoms with van der Waals surface area (Å²) in [5, 5.41) is 17.9. The highest BCUT2D eigenvalue weighted by Crippen LogP contribution is 2.33. The highest BCUT2D eigenvalue weighted by atomic mass is 19.1. The quantitative estimate of drug-likeness (QED) is 0.606. The number of H-pyrrole nitrogens is 1. The summed E-state index contributed by atoms with van der Waals surface area (Å²) in [6, 6.07) is 0. The van der Waals surface area contributed by atoms with Crippen LogP contribution in [0.15, 0.2) is 0 Å². The van der Waals surface area contributed by atoms with Crippen LogP contribution in [0.2, 0.25) is 0 Å². The second kappa shape index (κ2) is 2.56. The Morgan fingerprint density at radius 2 is 2.31 bits per heavy atom. The number of carboxylic acid groups (broad SMARTS) is 1. The van der Waals surface area contributed by atoms with Gasteiger partial charge in [0.15, 0.2) is 11.5 Å². The third kappa shape index (κ3) is 1.04. The average Bonchev–Trinajstić information content (AvgIpc) is 2.55. The van der Waals surface area contributed by atoms with Gasteiger partial charge in [0.1, 0.15) is 0 Å². The molecule has 4 nitrogen and oxygen atoms in total. The van der Waals surface area contributed by atoms with Crippen LogP contribution >= 0.6 is 0 Å². The molecule has 1 aromatic heterocycles. The molecule has 13 heavy (non-hydrogen) atoms. The van der Waals surface area contributed by atoms with Crippen molar-refractivity contribution in [1.29, 1.82) is 0 Å². The number of nitrogens with one attached hydrogen (secondary N) is 1. The van der Waals surface area contributed by atoms with E-state index < -0.39 is 23.6 Å². The van der Waals surface area contributed by atoms with Gasteiger partial charge in [0.2, 0.25) is 0 Å². The number of aromatic carboxylic acids is 1. The minimum atomic E-state index is -1.33. The topological polar surface area (TPSA) is 73.3 Å². The maximum absolute atomic E-state index is 13.2. The van der Waals surface area contributed by atoms with E-state index in [1.807, 2.05) is 0 Å². The number of aliphatic hydroxyl groups excluding tert-OH is 1. The molecule has 0 radical (unpaired) electrons. The molecule has 1 aromatic rings. The predicted octanol–water partition coefficient (Wildman–Crippen LogP) is 0.832. The number of carbonyl (C=O) groups is 1. The molecular weight excluding hydrogens is 177 g/mol. The Kier molecular flexibility index (Phi) is 1.63. The van der Waals surface area contributed by atoms with E-state index in [2.05, 4.69) is 4.98 Å². The van der Waals surface area contributed by atoms with E-state index >= 15 is 0 Å². The first-order valence-corrected chi connectivity index (χ1v) is 3.93. The summed E-state index contributed by atoms with van der Waals surface area (Å²) in [5.41, 5.74) is 0.170. The summed E-state index contributed by atoms with van der Waals surface area (Å²) in [6.45, 7) is 0. The molecular formula is C8H8FNO3. The van der Waals surface area contributed by atoms with Gasteiger partial charge in [-0.15, -0.1) is 0 Å². The van der Waals surface area contributed by atoms with Crippen LogP contribution in [0.3, 0.4) is 0 Å². The smallest absolute Gasteiger partial charge is 0.355 e. The minimum absolute atomic E-state index is 0.310. The fraction of sp³-hybridized carbons (Fsp3) is 0.375. The van der Waals surface area contributed by atoms with Crippen molar-refractivity contribution >= 4 is 5.97 Å². The highest BCUT2D eigenvalue weighted by Gasteiger charge is 2.30. The number of hydrogen-bond donors (Lipinski definition) is 3. The lowest BCUT2D eigenvalue weighted by Gasteiger charge is -1.98. The van der Waals surface area contributed by atoms with Crippen LogP contribution in [0.1, 0.15) is 34.3 Å². The molecule has 0 unspecified atom stereocenters. The van der Waals surface area contributed by atoms with E-state index in [4.69, 9.17) is 5.11 Å². The van der Waals surface area contributed by atoms with Gasteiger partial charge in [0.05, 0.1) is 11.8 Å². The first-order chi connectivity index (χ1) is 6.11. The summed E-state index contributed by atoms with van der Waals surface area (Å²) in [7, 11) is 0. The van der Waals surface area contributed by atoms with Gasteiger partial charge in [-0.25, -0.2) is 9.18 Å². The zero-order valence-electron chi connectivity index (χ0n) is 6.67. The zero-order chi connectivity index (χ0) is 9.59. The van der Waals surface area contributed by atoms with Crippen molar-refractivity contribution in [2.75, 3.05) is 0 Å². The molecule has 0 amide bonds. The molecule has 0 fully saturated rings. The molecule has 1 atom stereocenters. The second-order valence-corrected chi connectivity index (χ2v) is 3.07. The predicted molar refractivity (Wildman–Crippen MR) is 41.0 cm³/mol. The summed E-state index contributed by atoms with van der Waals surface area (Å²) in [6.07, 6.45) is 0.0991. The summed E-state index contributed by atoms with van der Waals surface area (Å²) in [5.74, 6) is -2.07. The van der Waals surface area contributed by atoms with Gasteiger partial charge in [0.25, 0.3) is 0 Å². The normalized spacial score (nSPS) is 20.3. The first-order valence-electron chi connectivity index (χ1n) is 3.93. The van der Waals surface area contributed by atoms with E-state index in [0.717, 1.165) is 0 Å². The molecule has 1 aliphatic rings. The third-order valence-corrected chi connectivity index (χ3v) is 2.28. The number of aromatic nitrogens is 1. The Balaban J connectivity index is 2.55. The maximum Gasteiger partial charge on any atom is 0.355 e. The summed E-state index contributed by atoms with van der Waals surface area (Å²) in [4.78, 5) is 12.9. The minimum Gasteiger partial charge on any atom is -0.476 e. The summed E-state index contributed by atoms with van der Waals surface area (Å²) >= 11 is 0. The maximum atomic E-state index is 13.2. The van der Waals surface area contributed by atoms with Gasteiger partial charge in [-0.2, -0.15) is 0 Å². The standard InChI is InChI=1S/C8H8FNO3/c9-5-3-1-2-4(11)6(3)10-7(5)8(12)13/h4,10-11H,1-2H2,(H,12,13)/t4-/m1/s1. The van der Waals surface area contributed by atoms with E-state index in [9.17, 15) is 14.3 Å². The largest absolute Gasteiger partial charge is 0.476 e. The molecule has 0 saturated heterocycles. The second-order valence-electron chi connectivity index (χ2n) is 3.07. The fourth-order valence-corrected chi connectivity index (χ4v) is 1.64. The zero-order valence-corrected chi connectivity index (χ0v) is 6.67. The molecule has 0 bridgehead atoms. The van der Waals surface area contributed by atoms with Crippen LogP contribution in [0.4, 0.5) is 4.39 Å². The van der Waals surface area contributed by atoms with Crippen molar-refractivity contribution in [2.45, 2.75) is 18.9 Å². The van der Waals surface area contributed by atoms with Crippen molar-refractivity contribution < 1.29 is 19.4 Å². The molecule has 5 heteroatoms. The van der Waals surface area contributed by atoms with Crippen LogP contribution in [0, 0.1) is 5.82 Å².